The molecule has 3 aliphatic carbocycles. The first-order chi connectivity index (χ1) is 20.1. The highest BCUT2D eigenvalue weighted by Gasteiger charge is 2.71. The average molecular weight is 597 g/mol. The van der Waals surface area contributed by atoms with Gasteiger partial charge in [0.05, 0.1) is 18.2 Å². The van der Waals surface area contributed by atoms with Crippen LogP contribution in [-0.2, 0) is 34.1 Å². The van der Waals surface area contributed by atoms with Gasteiger partial charge in [-0.25, -0.2) is 0 Å². The Morgan fingerprint density at radius 1 is 1.09 bits per heavy atom. The lowest BCUT2D eigenvalue weighted by Crippen LogP contribution is -2.73. The van der Waals surface area contributed by atoms with E-state index >= 15 is 0 Å². The number of hydrogen-bond donors (Lipinski definition) is 3. The first kappa shape index (κ1) is 31.0. The van der Waals surface area contributed by atoms with Gasteiger partial charge < -0.3 is 20.3 Å². The number of ketones is 4. The van der Waals surface area contributed by atoms with E-state index in [0.29, 0.717) is 11.1 Å². The normalized spacial score (nSPS) is 32.6. The van der Waals surface area contributed by atoms with Gasteiger partial charge in [-0.1, -0.05) is 46.8 Å². The fourth-order valence-corrected chi connectivity index (χ4v) is 7.53. The first-order valence-electron chi connectivity index (χ1n) is 15.1. The smallest absolute Gasteiger partial charge is 0.305 e. The van der Waals surface area contributed by atoms with Crippen LogP contribution < -0.4 is 5.32 Å². The molecule has 1 saturated heterocycles. The number of carbonyl (C=O) groups is 6. The van der Waals surface area contributed by atoms with E-state index in [1.165, 1.54) is 0 Å². The molecule has 0 bridgehead atoms. The number of phenols is 1. The van der Waals surface area contributed by atoms with E-state index in [2.05, 4.69) is 5.32 Å². The maximum absolute atomic E-state index is 14.3. The van der Waals surface area contributed by atoms with E-state index < -0.39 is 88.1 Å². The predicted molar refractivity (Wildman–Crippen MR) is 152 cm³/mol. The lowest BCUT2D eigenvalue weighted by atomic mass is 9.50. The Kier molecular flexibility index (Phi) is 7.88. The van der Waals surface area contributed by atoms with Gasteiger partial charge in [-0.05, 0) is 48.4 Å². The number of Topliss-reactive ketones (excluding diaryl/α,β-unsaturated/α-hetero) is 4. The molecule has 5 rings (SSSR count). The van der Waals surface area contributed by atoms with Crippen LogP contribution in [0.1, 0.15) is 87.7 Å². The molecule has 0 radical (unpaired) electrons. The highest BCUT2D eigenvalue weighted by molar-refractivity contribution is 6.31. The second-order valence-corrected chi connectivity index (χ2v) is 13.4. The summed E-state index contributed by atoms with van der Waals surface area (Å²) in [5.41, 5.74) is -2.62. The predicted octanol–water partition coefficient (Wildman–Crippen LogP) is 1.80. The molecule has 0 spiro atoms. The molecule has 2 unspecified atom stereocenters. The van der Waals surface area contributed by atoms with E-state index in [1.54, 1.807) is 26.0 Å². The molecule has 11 nitrogen and oxygen atoms in total. The summed E-state index contributed by atoms with van der Waals surface area (Å²) in [5.74, 6) is -12.6. The van der Waals surface area contributed by atoms with Gasteiger partial charge in [0.25, 0.3) is 0 Å². The largest absolute Gasteiger partial charge is 0.507 e. The fourth-order valence-electron chi connectivity index (χ4n) is 7.53. The minimum Gasteiger partial charge on any atom is -0.507 e. The SMILES string of the molecule is CCC(=O)O[C@H]1[C@H]2C(C(=O)c3c(ccc(C(C)(C)C)c3O)[C@@H]2C)C(=O)[C@]2(O)C(=O)C(C(=O)NCN3CCCC3)C(=O)C[C@H]12. The summed E-state index contributed by atoms with van der Waals surface area (Å²) < 4.78 is 5.76. The van der Waals surface area contributed by atoms with Crippen molar-refractivity contribution in [2.45, 2.75) is 83.3 Å². The van der Waals surface area contributed by atoms with Gasteiger partial charge in [0.15, 0.2) is 34.7 Å². The van der Waals surface area contributed by atoms with Crippen molar-refractivity contribution in [2.24, 2.45) is 23.7 Å². The summed E-state index contributed by atoms with van der Waals surface area (Å²) in [4.78, 5) is 83.5. The molecule has 7 atom stereocenters. The number of esters is 1. The maximum atomic E-state index is 14.3. The third-order valence-electron chi connectivity index (χ3n) is 9.85. The first-order valence-corrected chi connectivity index (χ1v) is 15.1. The van der Waals surface area contributed by atoms with Crippen LogP contribution in [0.15, 0.2) is 12.1 Å². The van der Waals surface area contributed by atoms with Gasteiger partial charge in [-0.3, -0.25) is 33.7 Å². The van der Waals surface area contributed by atoms with Gasteiger partial charge >= 0.3 is 5.97 Å². The van der Waals surface area contributed by atoms with E-state index in [9.17, 15) is 39.0 Å². The van der Waals surface area contributed by atoms with Crippen LogP contribution in [0.4, 0.5) is 0 Å². The number of hydrogen-bond acceptors (Lipinski definition) is 10. The highest BCUT2D eigenvalue weighted by Crippen LogP contribution is 2.55. The molecule has 3 N–H and O–H groups in total. The summed E-state index contributed by atoms with van der Waals surface area (Å²) in [5, 5.41) is 25.9. The number of nitrogens with one attached hydrogen (secondary N) is 1. The summed E-state index contributed by atoms with van der Waals surface area (Å²) in [7, 11) is 0. The second-order valence-electron chi connectivity index (χ2n) is 13.4. The number of rotatable bonds is 5. The van der Waals surface area contributed by atoms with Crippen molar-refractivity contribution in [3.05, 3.63) is 28.8 Å². The van der Waals surface area contributed by atoms with Gasteiger partial charge in [-0.15, -0.1) is 0 Å². The van der Waals surface area contributed by atoms with Crippen LogP contribution in [0.2, 0.25) is 0 Å². The lowest BCUT2D eigenvalue weighted by Gasteiger charge is -2.53. The van der Waals surface area contributed by atoms with Crippen molar-refractivity contribution >= 4 is 35.0 Å². The molecule has 0 aromatic heterocycles. The molecule has 1 aliphatic heterocycles. The monoisotopic (exact) mass is 596 g/mol. The van der Waals surface area contributed by atoms with E-state index in [1.807, 2.05) is 25.7 Å². The van der Waals surface area contributed by atoms with Gasteiger partial charge in [0.2, 0.25) is 5.91 Å². The van der Waals surface area contributed by atoms with Crippen molar-refractivity contribution in [3.8, 4) is 5.75 Å². The number of benzene rings is 1. The third kappa shape index (κ3) is 4.81. The Morgan fingerprint density at radius 2 is 1.74 bits per heavy atom. The minimum atomic E-state index is -2.92. The lowest BCUT2D eigenvalue weighted by molar-refractivity contribution is -0.198. The van der Waals surface area contributed by atoms with Crippen LogP contribution in [0.25, 0.3) is 0 Å². The number of ether oxygens (including phenoxy) is 1. The molecule has 1 aromatic rings. The zero-order valence-electron chi connectivity index (χ0n) is 25.3. The summed E-state index contributed by atoms with van der Waals surface area (Å²) in [6.07, 6.45) is -0.0716. The second kappa shape index (κ2) is 10.9. The quantitative estimate of drug-likeness (QED) is 0.337. The molecule has 1 aromatic carbocycles. The molecule has 232 valence electrons. The van der Waals surface area contributed by atoms with Crippen molar-refractivity contribution < 1.29 is 43.7 Å². The number of aliphatic hydroxyl groups is 1. The summed E-state index contributed by atoms with van der Waals surface area (Å²) in [6.45, 7) is 10.5. The Labute approximate surface area is 250 Å². The molecule has 1 amide bonds. The standard InChI is InChI=1S/C32H40N2O9/c1-6-20(36)43-27-18-13-19(35)23(30(41)33-14-34-11-7-8-12-34)28(39)32(18,42)29(40)24-21(27)15(2)16-9-10-17(31(3,4)5)25(37)22(16)26(24)38/h9-10,15,18,21,23-24,27,37,42H,6-8,11-14H2,1-5H3,(H,33,41)/t15-,18+,21+,23?,24?,27+,32+/m0/s1. The Hall–Kier alpha value is -3.44. The van der Waals surface area contributed by atoms with Crippen LogP contribution in [0, 0.1) is 23.7 Å². The summed E-state index contributed by atoms with van der Waals surface area (Å²) >= 11 is 0. The number of likely N-dealkylation sites (tertiary alicyclic amines) is 1. The molecule has 11 heteroatoms. The number of amides is 1. The Bertz CT molecular complexity index is 1410. The van der Waals surface area contributed by atoms with Crippen LogP contribution in [0.5, 0.6) is 5.75 Å². The Morgan fingerprint density at radius 3 is 2.35 bits per heavy atom. The van der Waals surface area contributed by atoms with Gasteiger partial charge in [0, 0.05) is 24.7 Å². The minimum absolute atomic E-state index is 0.0644. The van der Waals surface area contributed by atoms with Crippen molar-refractivity contribution in [3.63, 3.8) is 0 Å². The van der Waals surface area contributed by atoms with Crippen LogP contribution in [-0.4, -0.2) is 81.6 Å². The number of nitrogens with zero attached hydrogens (tertiary/aromatic N) is 1. The zero-order chi connectivity index (χ0) is 31.6. The van der Waals surface area contributed by atoms with E-state index in [0.717, 1.165) is 25.9 Å². The van der Waals surface area contributed by atoms with Gasteiger partial charge in [-0.2, -0.15) is 0 Å². The fraction of sp³-hybridized carbons (Fsp3) is 0.625. The molecule has 3 fully saturated rings. The number of phenolic OH excluding ortho intramolecular Hbond substituents is 1. The van der Waals surface area contributed by atoms with E-state index in [4.69, 9.17) is 4.74 Å². The van der Waals surface area contributed by atoms with Crippen LogP contribution in [0.3, 0.4) is 0 Å². The topological polar surface area (TPSA) is 167 Å². The number of aromatic hydroxyl groups is 1. The number of fused-ring (bicyclic) bond motifs is 3. The third-order valence-corrected chi connectivity index (χ3v) is 9.85. The van der Waals surface area contributed by atoms with Crippen molar-refractivity contribution in [2.75, 3.05) is 19.8 Å². The molecule has 1 heterocycles. The molecule has 4 aliphatic rings. The van der Waals surface area contributed by atoms with Crippen LogP contribution >= 0.6 is 0 Å². The zero-order valence-corrected chi connectivity index (χ0v) is 25.3. The average Bonchev–Trinajstić information content (AvgIpc) is 3.46. The number of carbonyl (C=O) groups excluding carboxylic acids is 6. The van der Waals surface area contributed by atoms with Gasteiger partial charge in [0.1, 0.15) is 11.9 Å². The van der Waals surface area contributed by atoms with Crippen molar-refractivity contribution in [1.29, 1.82) is 0 Å². The van der Waals surface area contributed by atoms with E-state index in [-0.39, 0.29) is 24.4 Å². The van der Waals surface area contributed by atoms with Crippen molar-refractivity contribution in [1.82, 2.24) is 10.2 Å². The molecule has 2 saturated carbocycles. The molecular formula is C32H40N2O9. The molecule has 43 heavy (non-hydrogen) atoms. The Balaban J connectivity index is 1.59. The highest BCUT2D eigenvalue weighted by atomic mass is 16.5. The maximum Gasteiger partial charge on any atom is 0.305 e. The summed E-state index contributed by atoms with van der Waals surface area (Å²) in [6, 6.07) is 3.42. The molecular weight excluding hydrogens is 556 g/mol.